The van der Waals surface area contributed by atoms with Crippen LogP contribution in [-0.2, 0) is 6.42 Å². The quantitative estimate of drug-likeness (QED) is 0.772. The number of unbranched alkanes of at least 4 members (excludes halogenated alkanes) is 1. The van der Waals surface area contributed by atoms with Crippen LogP contribution in [0.3, 0.4) is 0 Å². The first-order valence-electron chi connectivity index (χ1n) is 5.28. The molecule has 3 N–H and O–H groups in total. The lowest BCUT2D eigenvalue weighted by Gasteiger charge is -2.03. The summed E-state index contributed by atoms with van der Waals surface area (Å²) < 4.78 is 0. The third kappa shape index (κ3) is 1.77. The van der Waals surface area contributed by atoms with Crippen molar-refractivity contribution in [2.24, 2.45) is 10.7 Å². The Bertz CT molecular complexity index is 432. The number of rotatable bonds is 3. The van der Waals surface area contributed by atoms with Crippen LogP contribution in [-0.4, -0.2) is 11.7 Å². The number of amidine groups is 2. The molecule has 0 amide bonds. The molecule has 2 rings (SSSR count). The number of nitrogens with zero attached hydrogens (tertiary/aromatic N) is 1. The van der Waals surface area contributed by atoms with Gasteiger partial charge in [0.1, 0.15) is 5.84 Å². The van der Waals surface area contributed by atoms with Gasteiger partial charge in [0, 0.05) is 11.1 Å². The number of nitrogens with two attached hydrogens (primary N) is 1. The lowest BCUT2D eigenvalue weighted by atomic mass is 10.0. The Morgan fingerprint density at radius 3 is 2.87 bits per heavy atom. The molecular formula is C12H15N3. The van der Waals surface area contributed by atoms with Crippen molar-refractivity contribution in [3.63, 3.8) is 0 Å². The Hall–Kier alpha value is -1.64. The molecule has 0 aliphatic carbocycles. The summed E-state index contributed by atoms with van der Waals surface area (Å²) in [4.78, 5) is 3.96. The summed E-state index contributed by atoms with van der Waals surface area (Å²) in [5.74, 6) is 0.762. The fourth-order valence-electron chi connectivity index (χ4n) is 1.79. The highest BCUT2D eigenvalue weighted by atomic mass is 14.9. The van der Waals surface area contributed by atoms with Crippen molar-refractivity contribution in [2.45, 2.75) is 26.2 Å². The highest BCUT2D eigenvalue weighted by Gasteiger charge is 2.17. The molecular weight excluding hydrogens is 186 g/mol. The van der Waals surface area contributed by atoms with E-state index in [1.807, 2.05) is 12.1 Å². The van der Waals surface area contributed by atoms with Crippen molar-refractivity contribution in [3.8, 4) is 0 Å². The minimum atomic E-state index is 0.292. The molecule has 1 aliphatic rings. The van der Waals surface area contributed by atoms with Crippen LogP contribution in [0.2, 0.25) is 0 Å². The number of hydrogen-bond acceptors (Lipinski definition) is 2. The van der Waals surface area contributed by atoms with Gasteiger partial charge in [-0.15, -0.1) is 0 Å². The predicted octanol–water partition coefficient (Wildman–Crippen LogP) is 2.07. The SMILES string of the molecule is CCCCc1ccc2c(c1)C(=N)N=C2N. The van der Waals surface area contributed by atoms with E-state index >= 15 is 0 Å². The largest absolute Gasteiger partial charge is 0.383 e. The molecule has 1 aliphatic heterocycles. The molecule has 3 nitrogen and oxygen atoms in total. The van der Waals surface area contributed by atoms with Gasteiger partial charge in [0.15, 0.2) is 5.84 Å². The second-order valence-electron chi connectivity index (χ2n) is 3.83. The second-order valence-corrected chi connectivity index (χ2v) is 3.83. The van der Waals surface area contributed by atoms with Crippen LogP contribution in [0.4, 0.5) is 0 Å². The highest BCUT2D eigenvalue weighted by molar-refractivity contribution is 6.20. The minimum Gasteiger partial charge on any atom is -0.383 e. The van der Waals surface area contributed by atoms with Crippen LogP contribution >= 0.6 is 0 Å². The molecule has 3 heteroatoms. The van der Waals surface area contributed by atoms with Crippen LogP contribution in [0, 0.1) is 5.41 Å². The normalized spacial score (nSPS) is 13.9. The van der Waals surface area contributed by atoms with Gasteiger partial charge in [-0.05, 0) is 24.5 Å². The van der Waals surface area contributed by atoms with Crippen molar-refractivity contribution in [1.82, 2.24) is 0 Å². The zero-order valence-electron chi connectivity index (χ0n) is 8.88. The van der Waals surface area contributed by atoms with Crippen LogP contribution in [0.1, 0.15) is 36.5 Å². The number of aryl methyl sites for hydroxylation is 1. The van der Waals surface area contributed by atoms with E-state index in [1.54, 1.807) is 0 Å². The van der Waals surface area contributed by atoms with Gasteiger partial charge in [0.25, 0.3) is 0 Å². The van der Waals surface area contributed by atoms with Crippen molar-refractivity contribution in [1.29, 1.82) is 5.41 Å². The van der Waals surface area contributed by atoms with Gasteiger partial charge >= 0.3 is 0 Å². The van der Waals surface area contributed by atoms with Crippen LogP contribution in [0.25, 0.3) is 0 Å². The molecule has 0 radical (unpaired) electrons. The molecule has 1 aromatic carbocycles. The zero-order valence-corrected chi connectivity index (χ0v) is 8.88. The van der Waals surface area contributed by atoms with Crippen molar-refractivity contribution in [2.75, 3.05) is 0 Å². The van der Waals surface area contributed by atoms with E-state index in [0.29, 0.717) is 11.7 Å². The molecule has 1 heterocycles. The summed E-state index contributed by atoms with van der Waals surface area (Å²) in [5.41, 5.74) is 8.74. The van der Waals surface area contributed by atoms with E-state index in [2.05, 4.69) is 18.0 Å². The number of benzene rings is 1. The molecule has 0 aromatic heterocycles. The Morgan fingerprint density at radius 2 is 2.13 bits per heavy atom. The lowest BCUT2D eigenvalue weighted by molar-refractivity contribution is 0.795. The lowest BCUT2D eigenvalue weighted by Crippen LogP contribution is -2.10. The highest BCUT2D eigenvalue weighted by Crippen LogP contribution is 2.19. The number of fused-ring (bicyclic) bond motifs is 1. The van der Waals surface area contributed by atoms with E-state index in [4.69, 9.17) is 11.1 Å². The fraction of sp³-hybridized carbons (Fsp3) is 0.333. The molecule has 0 saturated heterocycles. The molecule has 0 atom stereocenters. The zero-order chi connectivity index (χ0) is 10.8. The van der Waals surface area contributed by atoms with E-state index < -0.39 is 0 Å². The second kappa shape index (κ2) is 3.85. The van der Waals surface area contributed by atoms with Gasteiger partial charge in [-0.2, -0.15) is 0 Å². The van der Waals surface area contributed by atoms with Gasteiger partial charge in [-0.25, -0.2) is 4.99 Å². The summed E-state index contributed by atoms with van der Waals surface area (Å²) in [6.45, 7) is 2.18. The molecule has 0 saturated carbocycles. The number of hydrogen-bond donors (Lipinski definition) is 2. The first-order chi connectivity index (χ1) is 7.22. The van der Waals surface area contributed by atoms with Gasteiger partial charge in [0.2, 0.25) is 0 Å². The Labute approximate surface area is 89.5 Å². The van der Waals surface area contributed by atoms with Crippen LogP contribution in [0.15, 0.2) is 23.2 Å². The van der Waals surface area contributed by atoms with Gasteiger partial charge in [-0.3, -0.25) is 5.41 Å². The van der Waals surface area contributed by atoms with E-state index in [9.17, 15) is 0 Å². The fourth-order valence-corrected chi connectivity index (χ4v) is 1.79. The first-order valence-corrected chi connectivity index (χ1v) is 5.28. The van der Waals surface area contributed by atoms with E-state index in [1.165, 1.54) is 18.4 Å². The van der Waals surface area contributed by atoms with Gasteiger partial charge in [0.05, 0.1) is 0 Å². The summed E-state index contributed by atoms with van der Waals surface area (Å²) in [6.07, 6.45) is 3.44. The molecule has 0 bridgehead atoms. The van der Waals surface area contributed by atoms with Crippen LogP contribution in [0.5, 0.6) is 0 Å². The maximum atomic E-state index is 7.67. The third-order valence-corrected chi connectivity index (χ3v) is 2.67. The summed E-state index contributed by atoms with van der Waals surface area (Å²) in [5, 5.41) is 7.67. The standard InChI is InChI=1S/C12H15N3/c1-2-3-4-8-5-6-9-10(7-8)12(14)15-11(9)13/h5-7H,2-4H2,1H3,(H3,13,14,15). The van der Waals surface area contributed by atoms with Crippen molar-refractivity contribution in [3.05, 3.63) is 34.9 Å². The Kier molecular flexibility index (Phi) is 2.54. The third-order valence-electron chi connectivity index (χ3n) is 2.67. The molecule has 1 aromatic rings. The monoisotopic (exact) mass is 201 g/mol. The molecule has 0 unspecified atom stereocenters. The van der Waals surface area contributed by atoms with Crippen molar-refractivity contribution >= 4 is 11.7 Å². The maximum absolute atomic E-state index is 7.67. The molecule has 0 fully saturated rings. The number of aliphatic imine (C=N–C) groups is 1. The van der Waals surface area contributed by atoms with Crippen LogP contribution < -0.4 is 5.73 Å². The van der Waals surface area contributed by atoms with Gasteiger partial charge < -0.3 is 5.73 Å². The minimum absolute atomic E-state index is 0.292. The molecule has 78 valence electrons. The molecule has 0 spiro atoms. The molecule has 15 heavy (non-hydrogen) atoms. The first kappa shape index (κ1) is 9.90. The summed E-state index contributed by atoms with van der Waals surface area (Å²) in [7, 11) is 0. The van der Waals surface area contributed by atoms with E-state index in [0.717, 1.165) is 17.5 Å². The summed E-state index contributed by atoms with van der Waals surface area (Å²) >= 11 is 0. The predicted molar refractivity (Wildman–Crippen MR) is 62.6 cm³/mol. The topological polar surface area (TPSA) is 62.2 Å². The summed E-state index contributed by atoms with van der Waals surface area (Å²) in [6, 6.07) is 6.09. The average Bonchev–Trinajstić information content (AvgIpc) is 2.52. The smallest absolute Gasteiger partial charge is 0.154 e. The van der Waals surface area contributed by atoms with E-state index in [-0.39, 0.29) is 0 Å². The Balaban J connectivity index is 2.29. The van der Waals surface area contributed by atoms with Gasteiger partial charge in [-0.1, -0.05) is 25.5 Å². The Morgan fingerprint density at radius 1 is 1.33 bits per heavy atom. The average molecular weight is 201 g/mol. The van der Waals surface area contributed by atoms with Crippen molar-refractivity contribution < 1.29 is 0 Å². The number of nitrogens with one attached hydrogen (secondary N) is 1. The maximum Gasteiger partial charge on any atom is 0.154 e.